The highest BCUT2D eigenvalue weighted by Crippen LogP contribution is 2.65. The van der Waals surface area contributed by atoms with Crippen molar-refractivity contribution < 1.29 is 19.1 Å². The second-order valence-corrected chi connectivity index (χ2v) is 11.6. The molecule has 33 heavy (non-hydrogen) atoms. The maximum absolute atomic E-state index is 13.3. The van der Waals surface area contributed by atoms with Gasteiger partial charge < -0.3 is 14.4 Å². The maximum Gasteiger partial charge on any atom is 0.223 e. The lowest BCUT2D eigenvalue weighted by Gasteiger charge is -2.63. The summed E-state index contributed by atoms with van der Waals surface area (Å²) in [5, 5.41) is 0. The molecule has 0 bridgehead atoms. The Bertz CT molecular complexity index is 959. The molecule has 1 aromatic rings. The number of fused-ring (bicyclic) bond motifs is 5. The Labute approximate surface area is 198 Å². The molecule has 5 heteroatoms. The summed E-state index contributed by atoms with van der Waals surface area (Å²) < 4.78 is 11.0. The molecule has 7 atom stereocenters. The van der Waals surface area contributed by atoms with Crippen molar-refractivity contribution in [3.8, 4) is 11.5 Å². The Balaban J connectivity index is 1.46. The Morgan fingerprint density at radius 3 is 2.55 bits per heavy atom. The minimum absolute atomic E-state index is 0.109. The molecular weight excluding hydrogens is 414 g/mol. The lowest BCUT2D eigenvalue weighted by atomic mass is 9.45. The minimum atomic E-state index is -0.112. The SMILES string of the molecule is COc1ccc(CN2C(=O)CC[C@]3(C)C4CC[C@]5(C)C(=O)CCC5C4[C@@H](C)C[C@@H]23)c(OC)c1. The van der Waals surface area contributed by atoms with E-state index in [0.29, 0.717) is 42.4 Å². The predicted octanol–water partition coefficient (Wildman–Crippen LogP) is 5.25. The first-order chi connectivity index (χ1) is 15.7. The fourth-order valence-corrected chi connectivity index (χ4v) is 8.45. The summed E-state index contributed by atoms with van der Waals surface area (Å²) in [6.45, 7) is 7.66. The number of Topliss-reactive ketones (excluding diaryl/α,β-unsaturated/α-hetero) is 1. The smallest absolute Gasteiger partial charge is 0.223 e. The van der Waals surface area contributed by atoms with Crippen LogP contribution in [0.2, 0.25) is 0 Å². The number of hydrogen-bond acceptors (Lipinski definition) is 4. The van der Waals surface area contributed by atoms with Crippen molar-refractivity contribution in [3.63, 3.8) is 0 Å². The van der Waals surface area contributed by atoms with Crippen LogP contribution in [0.25, 0.3) is 0 Å². The number of carbonyl (C=O) groups excluding carboxylic acids is 2. The van der Waals surface area contributed by atoms with Gasteiger partial charge >= 0.3 is 0 Å². The third-order valence-electron chi connectivity index (χ3n) is 10.3. The second kappa shape index (κ2) is 8.02. The van der Waals surface area contributed by atoms with Crippen LogP contribution in [0.4, 0.5) is 0 Å². The van der Waals surface area contributed by atoms with E-state index in [0.717, 1.165) is 55.6 Å². The molecule has 1 aliphatic heterocycles. The molecule has 1 saturated heterocycles. The lowest BCUT2D eigenvalue weighted by Crippen LogP contribution is -2.63. The van der Waals surface area contributed by atoms with Crippen LogP contribution in [-0.4, -0.2) is 36.9 Å². The zero-order valence-corrected chi connectivity index (χ0v) is 20.9. The van der Waals surface area contributed by atoms with Gasteiger partial charge in [0, 0.05) is 42.5 Å². The monoisotopic (exact) mass is 453 g/mol. The number of ketones is 1. The van der Waals surface area contributed by atoms with Crippen molar-refractivity contribution in [2.24, 2.45) is 34.5 Å². The highest BCUT2D eigenvalue weighted by Gasteiger charge is 2.63. The van der Waals surface area contributed by atoms with Crippen LogP contribution in [0.15, 0.2) is 18.2 Å². The van der Waals surface area contributed by atoms with Crippen molar-refractivity contribution in [1.29, 1.82) is 0 Å². The first-order valence-corrected chi connectivity index (χ1v) is 12.8. The van der Waals surface area contributed by atoms with Gasteiger partial charge in [0.15, 0.2) is 0 Å². The topological polar surface area (TPSA) is 55.8 Å². The summed E-state index contributed by atoms with van der Waals surface area (Å²) in [6, 6.07) is 6.12. The first-order valence-electron chi connectivity index (χ1n) is 12.8. The molecule has 0 N–H and O–H groups in total. The highest BCUT2D eigenvalue weighted by atomic mass is 16.5. The molecule has 3 aliphatic carbocycles. The average molecular weight is 454 g/mol. The number of methoxy groups -OCH3 is 2. The summed E-state index contributed by atoms with van der Waals surface area (Å²) >= 11 is 0. The Kier molecular flexibility index (Phi) is 5.53. The van der Waals surface area contributed by atoms with Gasteiger partial charge in [0.25, 0.3) is 0 Å². The second-order valence-electron chi connectivity index (χ2n) is 11.6. The van der Waals surface area contributed by atoms with Crippen LogP contribution in [-0.2, 0) is 16.1 Å². The molecular formula is C28H39NO4. The summed E-state index contributed by atoms with van der Waals surface area (Å²) in [5.41, 5.74) is 1.03. The third kappa shape index (κ3) is 3.32. The number of hydrogen-bond donors (Lipinski definition) is 0. The van der Waals surface area contributed by atoms with Gasteiger partial charge in [0.2, 0.25) is 5.91 Å². The number of benzene rings is 1. The predicted molar refractivity (Wildman–Crippen MR) is 127 cm³/mol. The first kappa shape index (κ1) is 22.7. The molecule has 180 valence electrons. The summed E-state index contributed by atoms with van der Waals surface area (Å²) in [4.78, 5) is 28.2. The van der Waals surface area contributed by atoms with E-state index in [2.05, 4.69) is 25.7 Å². The highest BCUT2D eigenvalue weighted by molar-refractivity contribution is 5.87. The van der Waals surface area contributed by atoms with Crippen LogP contribution < -0.4 is 9.47 Å². The summed E-state index contributed by atoms with van der Waals surface area (Å²) in [5.74, 6) is 4.52. The van der Waals surface area contributed by atoms with Gasteiger partial charge in [0.1, 0.15) is 17.3 Å². The zero-order chi connectivity index (χ0) is 23.5. The van der Waals surface area contributed by atoms with E-state index in [-0.39, 0.29) is 22.8 Å². The molecule has 3 unspecified atom stereocenters. The zero-order valence-electron chi connectivity index (χ0n) is 20.9. The normalized spacial score (nSPS) is 40.2. The fourth-order valence-electron chi connectivity index (χ4n) is 8.45. The molecule has 1 amide bonds. The molecule has 4 aliphatic rings. The number of rotatable bonds is 4. The van der Waals surface area contributed by atoms with Gasteiger partial charge in [-0.3, -0.25) is 9.59 Å². The summed E-state index contributed by atoms with van der Waals surface area (Å²) in [7, 11) is 3.33. The molecule has 1 aromatic carbocycles. The van der Waals surface area contributed by atoms with Gasteiger partial charge in [-0.05, 0) is 73.3 Å². The van der Waals surface area contributed by atoms with Gasteiger partial charge in [-0.25, -0.2) is 0 Å². The number of amides is 1. The van der Waals surface area contributed by atoms with E-state index in [9.17, 15) is 9.59 Å². The average Bonchev–Trinajstić information content (AvgIpc) is 3.11. The minimum Gasteiger partial charge on any atom is -0.497 e. The van der Waals surface area contributed by atoms with Crippen LogP contribution in [0, 0.1) is 34.5 Å². The number of likely N-dealkylation sites (tertiary alicyclic amines) is 1. The lowest BCUT2D eigenvalue weighted by molar-refractivity contribution is -0.170. The Hall–Kier alpha value is -2.04. The van der Waals surface area contributed by atoms with Gasteiger partial charge in [-0.1, -0.05) is 20.8 Å². The van der Waals surface area contributed by atoms with Crippen LogP contribution in [0.5, 0.6) is 11.5 Å². The standard InChI is InChI=1S/C28H39NO4/c1-17-14-23-27(2,21-10-12-28(3)20(26(17)21)8-9-24(28)30)13-11-25(31)29(23)16-18-6-7-19(32-4)15-22(18)33-5/h6-7,15,17,20-21,23,26H,8-14,16H2,1-5H3/t17-,20?,21?,23+,26?,27+,28-/m0/s1. The summed E-state index contributed by atoms with van der Waals surface area (Å²) in [6.07, 6.45) is 6.58. The van der Waals surface area contributed by atoms with Crippen LogP contribution >= 0.6 is 0 Å². The third-order valence-corrected chi connectivity index (χ3v) is 10.3. The molecule has 3 saturated carbocycles. The Morgan fingerprint density at radius 2 is 1.82 bits per heavy atom. The molecule has 0 radical (unpaired) electrons. The maximum atomic E-state index is 13.3. The van der Waals surface area contributed by atoms with E-state index in [4.69, 9.17) is 9.47 Å². The molecule has 1 heterocycles. The number of piperidine rings is 1. The molecule has 5 nitrogen and oxygen atoms in total. The van der Waals surface area contributed by atoms with E-state index in [1.807, 2.05) is 18.2 Å². The Morgan fingerprint density at radius 1 is 1.03 bits per heavy atom. The van der Waals surface area contributed by atoms with E-state index < -0.39 is 0 Å². The molecule has 0 spiro atoms. The van der Waals surface area contributed by atoms with Gasteiger partial charge in [-0.2, -0.15) is 0 Å². The quantitative estimate of drug-likeness (QED) is 0.625. The van der Waals surface area contributed by atoms with Crippen molar-refractivity contribution in [2.45, 2.75) is 78.3 Å². The molecule has 0 aromatic heterocycles. The van der Waals surface area contributed by atoms with E-state index in [1.54, 1.807) is 14.2 Å². The largest absolute Gasteiger partial charge is 0.497 e. The fraction of sp³-hybridized carbons (Fsp3) is 0.714. The van der Waals surface area contributed by atoms with Crippen molar-refractivity contribution in [1.82, 2.24) is 4.90 Å². The van der Waals surface area contributed by atoms with E-state index >= 15 is 0 Å². The van der Waals surface area contributed by atoms with E-state index in [1.165, 1.54) is 0 Å². The number of carbonyl (C=O) groups is 2. The van der Waals surface area contributed by atoms with Gasteiger partial charge in [-0.15, -0.1) is 0 Å². The molecule has 4 fully saturated rings. The van der Waals surface area contributed by atoms with Crippen molar-refractivity contribution >= 4 is 11.7 Å². The van der Waals surface area contributed by atoms with Crippen molar-refractivity contribution in [2.75, 3.05) is 14.2 Å². The number of nitrogens with zero attached hydrogens (tertiary/aromatic N) is 1. The van der Waals surface area contributed by atoms with Gasteiger partial charge in [0.05, 0.1) is 14.2 Å². The number of ether oxygens (including phenoxy) is 2. The van der Waals surface area contributed by atoms with Crippen LogP contribution in [0.3, 0.4) is 0 Å². The molecule has 5 rings (SSSR count). The van der Waals surface area contributed by atoms with Crippen molar-refractivity contribution in [3.05, 3.63) is 23.8 Å². The van der Waals surface area contributed by atoms with Crippen LogP contribution in [0.1, 0.15) is 71.3 Å².